The van der Waals surface area contributed by atoms with Crippen molar-refractivity contribution in [2.75, 3.05) is 11.9 Å². The number of aliphatic hydroxyl groups is 1. The maximum atomic E-state index is 8.75. The van der Waals surface area contributed by atoms with Gasteiger partial charge in [0, 0.05) is 6.04 Å². The molecule has 0 saturated carbocycles. The van der Waals surface area contributed by atoms with Crippen molar-refractivity contribution < 1.29 is 5.11 Å². The van der Waals surface area contributed by atoms with Gasteiger partial charge in [-0.15, -0.1) is 5.10 Å². The van der Waals surface area contributed by atoms with Gasteiger partial charge in [-0.2, -0.15) is 5.10 Å². The first-order chi connectivity index (χ1) is 5.72. The minimum atomic E-state index is 0.0149. The Morgan fingerprint density at radius 1 is 1.67 bits per heavy atom. The quantitative estimate of drug-likeness (QED) is 0.691. The van der Waals surface area contributed by atoms with Crippen LogP contribution < -0.4 is 5.32 Å². The average molecular weight is 167 g/mol. The molecule has 1 aromatic rings. The van der Waals surface area contributed by atoms with E-state index in [1.54, 1.807) is 6.20 Å². The van der Waals surface area contributed by atoms with Crippen LogP contribution in [0.25, 0.3) is 0 Å². The van der Waals surface area contributed by atoms with E-state index in [1.807, 2.05) is 19.9 Å². The fourth-order valence-electron chi connectivity index (χ4n) is 0.833. The molecule has 1 rings (SSSR count). The third-order valence-electron chi connectivity index (χ3n) is 1.46. The Morgan fingerprint density at radius 3 is 3.00 bits per heavy atom. The number of hydrogen-bond donors (Lipinski definition) is 2. The normalized spacial score (nSPS) is 12.6. The zero-order chi connectivity index (χ0) is 8.97. The molecule has 1 aromatic heterocycles. The van der Waals surface area contributed by atoms with Crippen LogP contribution in [0.2, 0.25) is 0 Å². The van der Waals surface area contributed by atoms with Gasteiger partial charge in [0.1, 0.15) is 5.82 Å². The Bertz CT molecular complexity index is 252. The fourth-order valence-corrected chi connectivity index (χ4v) is 0.833. The molecule has 66 valence electrons. The largest absolute Gasteiger partial charge is 0.394 e. The van der Waals surface area contributed by atoms with Crippen molar-refractivity contribution in [3.8, 4) is 0 Å². The number of aromatic nitrogens is 2. The highest BCUT2D eigenvalue weighted by molar-refractivity contribution is 5.35. The second kappa shape index (κ2) is 4.01. The summed E-state index contributed by atoms with van der Waals surface area (Å²) >= 11 is 0. The van der Waals surface area contributed by atoms with Gasteiger partial charge in [-0.3, -0.25) is 0 Å². The lowest BCUT2D eigenvalue weighted by Crippen LogP contribution is -2.20. The van der Waals surface area contributed by atoms with E-state index in [1.165, 1.54) is 0 Å². The van der Waals surface area contributed by atoms with E-state index in [9.17, 15) is 0 Å². The predicted molar refractivity (Wildman–Crippen MR) is 46.9 cm³/mol. The number of nitrogens with zero attached hydrogens (tertiary/aromatic N) is 2. The molecule has 2 N–H and O–H groups in total. The van der Waals surface area contributed by atoms with E-state index >= 15 is 0 Å². The molecule has 0 aliphatic carbocycles. The highest BCUT2D eigenvalue weighted by atomic mass is 16.3. The molecular formula is C8H13N3O. The molecule has 0 aliphatic heterocycles. The lowest BCUT2D eigenvalue weighted by atomic mass is 10.3. The van der Waals surface area contributed by atoms with E-state index in [0.29, 0.717) is 5.82 Å². The molecule has 0 aliphatic rings. The topological polar surface area (TPSA) is 58.0 Å². The molecule has 0 amide bonds. The molecule has 1 unspecified atom stereocenters. The summed E-state index contributed by atoms with van der Waals surface area (Å²) in [6.45, 7) is 3.92. The van der Waals surface area contributed by atoms with Gasteiger partial charge in [-0.05, 0) is 25.5 Å². The van der Waals surface area contributed by atoms with Crippen LogP contribution >= 0.6 is 0 Å². The average Bonchev–Trinajstić information content (AvgIpc) is 2.04. The number of aliphatic hydroxyl groups excluding tert-OH is 1. The molecule has 0 fully saturated rings. The number of hydrogen-bond acceptors (Lipinski definition) is 4. The summed E-state index contributed by atoms with van der Waals surface area (Å²) in [5.74, 6) is 0.705. The highest BCUT2D eigenvalue weighted by Gasteiger charge is 2.00. The van der Waals surface area contributed by atoms with Crippen LogP contribution in [0.1, 0.15) is 12.5 Å². The van der Waals surface area contributed by atoms with Crippen molar-refractivity contribution >= 4 is 5.82 Å². The third-order valence-corrected chi connectivity index (χ3v) is 1.46. The monoisotopic (exact) mass is 167 g/mol. The lowest BCUT2D eigenvalue weighted by Gasteiger charge is -2.10. The number of aryl methyl sites for hydroxylation is 1. The van der Waals surface area contributed by atoms with Gasteiger partial charge < -0.3 is 10.4 Å². The van der Waals surface area contributed by atoms with Crippen LogP contribution in [-0.2, 0) is 0 Å². The second-order valence-corrected chi connectivity index (χ2v) is 2.85. The third kappa shape index (κ3) is 2.47. The van der Waals surface area contributed by atoms with E-state index in [4.69, 9.17) is 5.11 Å². The Morgan fingerprint density at radius 2 is 2.42 bits per heavy atom. The van der Waals surface area contributed by atoms with Crippen molar-refractivity contribution in [2.24, 2.45) is 0 Å². The fraction of sp³-hybridized carbons (Fsp3) is 0.500. The molecular weight excluding hydrogens is 154 g/mol. The Labute approximate surface area is 71.6 Å². The number of nitrogens with one attached hydrogen (secondary N) is 1. The van der Waals surface area contributed by atoms with Crippen LogP contribution in [0.4, 0.5) is 5.82 Å². The van der Waals surface area contributed by atoms with Gasteiger partial charge in [0.2, 0.25) is 0 Å². The lowest BCUT2D eigenvalue weighted by molar-refractivity contribution is 0.281. The molecule has 0 bridgehead atoms. The minimum absolute atomic E-state index is 0.0149. The summed E-state index contributed by atoms with van der Waals surface area (Å²) in [7, 11) is 0. The SMILES string of the molecule is Cc1cnnc(NC(C)CO)c1. The molecule has 0 aromatic carbocycles. The summed E-state index contributed by atoms with van der Waals surface area (Å²) in [4.78, 5) is 0. The zero-order valence-electron chi connectivity index (χ0n) is 7.28. The van der Waals surface area contributed by atoms with Crippen molar-refractivity contribution in [1.82, 2.24) is 10.2 Å². The van der Waals surface area contributed by atoms with Gasteiger partial charge in [0.15, 0.2) is 0 Å². The number of anilines is 1. The summed E-state index contributed by atoms with van der Waals surface area (Å²) in [6.07, 6.45) is 1.69. The second-order valence-electron chi connectivity index (χ2n) is 2.85. The summed E-state index contributed by atoms with van der Waals surface area (Å²) in [5.41, 5.74) is 1.05. The highest BCUT2D eigenvalue weighted by Crippen LogP contribution is 2.04. The van der Waals surface area contributed by atoms with Crippen LogP contribution in [0.3, 0.4) is 0 Å². The van der Waals surface area contributed by atoms with Gasteiger partial charge in [-0.25, -0.2) is 0 Å². The molecule has 4 nitrogen and oxygen atoms in total. The Kier molecular flexibility index (Phi) is 2.99. The van der Waals surface area contributed by atoms with E-state index in [0.717, 1.165) is 5.56 Å². The zero-order valence-corrected chi connectivity index (χ0v) is 7.28. The Hall–Kier alpha value is -1.16. The smallest absolute Gasteiger partial charge is 0.149 e. The summed E-state index contributed by atoms with van der Waals surface area (Å²) < 4.78 is 0. The molecule has 0 spiro atoms. The van der Waals surface area contributed by atoms with Crippen LogP contribution in [0, 0.1) is 6.92 Å². The van der Waals surface area contributed by atoms with Crippen molar-refractivity contribution in [2.45, 2.75) is 19.9 Å². The van der Waals surface area contributed by atoms with Crippen LogP contribution in [-0.4, -0.2) is 28.0 Å². The van der Waals surface area contributed by atoms with Gasteiger partial charge in [0.25, 0.3) is 0 Å². The minimum Gasteiger partial charge on any atom is -0.394 e. The van der Waals surface area contributed by atoms with Gasteiger partial charge in [-0.1, -0.05) is 0 Å². The first-order valence-corrected chi connectivity index (χ1v) is 3.89. The molecule has 1 atom stereocenters. The van der Waals surface area contributed by atoms with E-state index < -0.39 is 0 Å². The first-order valence-electron chi connectivity index (χ1n) is 3.89. The molecule has 1 heterocycles. The first kappa shape index (κ1) is 8.93. The predicted octanol–water partition coefficient (Wildman–Crippen LogP) is 0.578. The maximum Gasteiger partial charge on any atom is 0.149 e. The van der Waals surface area contributed by atoms with Crippen molar-refractivity contribution in [3.05, 3.63) is 17.8 Å². The number of rotatable bonds is 3. The van der Waals surface area contributed by atoms with Crippen LogP contribution in [0.5, 0.6) is 0 Å². The summed E-state index contributed by atoms with van der Waals surface area (Å²) in [6, 6.07) is 1.90. The molecule has 4 heteroatoms. The van der Waals surface area contributed by atoms with E-state index in [2.05, 4.69) is 15.5 Å². The van der Waals surface area contributed by atoms with Gasteiger partial charge >= 0.3 is 0 Å². The van der Waals surface area contributed by atoms with Crippen molar-refractivity contribution in [1.29, 1.82) is 0 Å². The van der Waals surface area contributed by atoms with Crippen molar-refractivity contribution in [3.63, 3.8) is 0 Å². The standard InChI is InChI=1S/C8H13N3O/c1-6-3-8(11-9-4-6)10-7(2)5-12/h3-4,7,12H,5H2,1-2H3,(H,10,11). The Balaban J connectivity index is 2.63. The van der Waals surface area contributed by atoms with E-state index in [-0.39, 0.29) is 12.6 Å². The van der Waals surface area contributed by atoms with Gasteiger partial charge in [0.05, 0.1) is 12.8 Å². The van der Waals surface area contributed by atoms with Crippen LogP contribution in [0.15, 0.2) is 12.3 Å². The summed E-state index contributed by atoms with van der Waals surface area (Å²) in [5, 5.41) is 19.4. The molecule has 0 saturated heterocycles. The maximum absolute atomic E-state index is 8.75. The molecule has 0 radical (unpaired) electrons. The molecule has 12 heavy (non-hydrogen) atoms.